The molecule has 0 aromatic rings. The number of nitrogens with one attached hydrogen (secondary N) is 2. The normalized spacial score (nSPS) is 15.4. The van der Waals surface area contributed by atoms with Crippen LogP contribution in [0.3, 0.4) is 0 Å². The van der Waals surface area contributed by atoms with E-state index in [1.807, 2.05) is 27.7 Å². The molecule has 0 aliphatic heterocycles. The lowest BCUT2D eigenvalue weighted by Gasteiger charge is -2.29. The zero-order valence-corrected chi connectivity index (χ0v) is 12.1. The summed E-state index contributed by atoms with van der Waals surface area (Å²) in [4.78, 5) is 11.9. The molecule has 0 saturated carbocycles. The second-order valence-electron chi connectivity index (χ2n) is 5.38. The number of hydrogen-bond donors (Lipinski definition) is 2. The molecule has 0 heterocycles. The molecule has 4 nitrogen and oxygen atoms in total. The maximum atomic E-state index is 11.9. The number of amides is 1. The smallest absolute Gasteiger partial charge is 0.237 e. The first-order valence-corrected chi connectivity index (χ1v) is 6.39. The Morgan fingerprint density at radius 3 is 2.41 bits per heavy atom. The Balaban J connectivity index is 4.13. The lowest BCUT2D eigenvalue weighted by atomic mass is 10.1. The molecule has 0 saturated heterocycles. The van der Waals surface area contributed by atoms with E-state index in [0.29, 0.717) is 6.61 Å². The van der Waals surface area contributed by atoms with Gasteiger partial charge in [-0.2, -0.15) is 0 Å². The number of methoxy groups -OCH3 is 1. The van der Waals surface area contributed by atoms with Crippen LogP contribution in [-0.2, 0) is 9.53 Å². The van der Waals surface area contributed by atoms with Crippen LogP contribution in [0.25, 0.3) is 0 Å². The van der Waals surface area contributed by atoms with Gasteiger partial charge in [-0.15, -0.1) is 0 Å². The monoisotopic (exact) mass is 244 g/mol. The number of carbonyl (C=O) groups is 1. The van der Waals surface area contributed by atoms with Gasteiger partial charge in [-0.1, -0.05) is 13.3 Å². The SMILES string of the molecule is CCCC(C)NC(=O)C(C)NC(C)(C)COC. The van der Waals surface area contributed by atoms with E-state index in [1.165, 1.54) is 0 Å². The minimum absolute atomic E-state index is 0.0510. The van der Waals surface area contributed by atoms with E-state index in [0.717, 1.165) is 12.8 Å². The number of rotatable bonds is 8. The molecule has 2 N–H and O–H groups in total. The highest BCUT2D eigenvalue weighted by atomic mass is 16.5. The van der Waals surface area contributed by atoms with Gasteiger partial charge in [0.2, 0.25) is 5.91 Å². The molecule has 2 atom stereocenters. The molecule has 0 radical (unpaired) electrons. The van der Waals surface area contributed by atoms with Crippen molar-refractivity contribution in [3.8, 4) is 0 Å². The first-order chi connectivity index (χ1) is 7.82. The molecule has 2 unspecified atom stereocenters. The minimum Gasteiger partial charge on any atom is -0.383 e. The summed E-state index contributed by atoms with van der Waals surface area (Å²) in [6.07, 6.45) is 2.10. The number of hydrogen-bond acceptors (Lipinski definition) is 3. The molecule has 0 aromatic heterocycles. The minimum atomic E-state index is -0.209. The van der Waals surface area contributed by atoms with Crippen molar-refractivity contribution in [2.75, 3.05) is 13.7 Å². The Bertz CT molecular complexity index is 229. The van der Waals surface area contributed by atoms with Crippen LogP contribution >= 0.6 is 0 Å². The van der Waals surface area contributed by atoms with Crippen molar-refractivity contribution in [2.45, 2.75) is 65.1 Å². The Kier molecular flexibility index (Phi) is 7.39. The Morgan fingerprint density at radius 1 is 1.35 bits per heavy atom. The van der Waals surface area contributed by atoms with E-state index < -0.39 is 0 Å². The van der Waals surface area contributed by atoms with Crippen LogP contribution in [0.1, 0.15) is 47.5 Å². The van der Waals surface area contributed by atoms with Gasteiger partial charge >= 0.3 is 0 Å². The summed E-state index contributed by atoms with van der Waals surface area (Å²) in [5.41, 5.74) is -0.195. The molecule has 0 fully saturated rings. The zero-order valence-electron chi connectivity index (χ0n) is 12.1. The third-order valence-electron chi connectivity index (χ3n) is 2.62. The molecule has 1 amide bonds. The summed E-state index contributed by atoms with van der Waals surface area (Å²) >= 11 is 0. The second-order valence-corrected chi connectivity index (χ2v) is 5.38. The Hall–Kier alpha value is -0.610. The molecular weight excluding hydrogens is 216 g/mol. The summed E-state index contributed by atoms with van der Waals surface area (Å²) in [7, 11) is 1.66. The summed E-state index contributed by atoms with van der Waals surface area (Å²) in [6.45, 7) is 10.7. The van der Waals surface area contributed by atoms with Crippen molar-refractivity contribution < 1.29 is 9.53 Å². The lowest BCUT2D eigenvalue weighted by Crippen LogP contribution is -2.54. The second kappa shape index (κ2) is 7.67. The first-order valence-electron chi connectivity index (χ1n) is 6.39. The van der Waals surface area contributed by atoms with Gasteiger partial charge in [-0.05, 0) is 34.1 Å². The Labute approximate surface area is 105 Å². The van der Waals surface area contributed by atoms with E-state index in [1.54, 1.807) is 7.11 Å². The molecule has 102 valence electrons. The van der Waals surface area contributed by atoms with Crippen LogP contribution in [0.2, 0.25) is 0 Å². The van der Waals surface area contributed by atoms with Crippen LogP contribution < -0.4 is 10.6 Å². The summed E-state index contributed by atoms with van der Waals surface area (Å²) in [6, 6.07) is 0.0294. The van der Waals surface area contributed by atoms with E-state index in [-0.39, 0.29) is 23.5 Å². The van der Waals surface area contributed by atoms with Crippen LogP contribution in [0.5, 0.6) is 0 Å². The molecule has 0 aliphatic carbocycles. The summed E-state index contributed by atoms with van der Waals surface area (Å²) in [5, 5.41) is 6.27. The van der Waals surface area contributed by atoms with Gasteiger partial charge in [0.05, 0.1) is 12.6 Å². The number of carbonyl (C=O) groups excluding carboxylic acids is 1. The van der Waals surface area contributed by atoms with Crippen molar-refractivity contribution in [1.29, 1.82) is 0 Å². The highest BCUT2D eigenvalue weighted by molar-refractivity contribution is 5.81. The molecule has 17 heavy (non-hydrogen) atoms. The predicted molar refractivity (Wildman–Crippen MR) is 71.1 cm³/mol. The van der Waals surface area contributed by atoms with Crippen LogP contribution in [0.4, 0.5) is 0 Å². The zero-order chi connectivity index (χ0) is 13.5. The van der Waals surface area contributed by atoms with E-state index >= 15 is 0 Å². The maximum absolute atomic E-state index is 11.9. The highest BCUT2D eigenvalue weighted by Gasteiger charge is 2.24. The average molecular weight is 244 g/mol. The largest absolute Gasteiger partial charge is 0.383 e. The molecule has 0 bridgehead atoms. The van der Waals surface area contributed by atoms with Gasteiger partial charge in [-0.25, -0.2) is 0 Å². The third-order valence-corrected chi connectivity index (χ3v) is 2.62. The molecule has 0 spiro atoms. The fourth-order valence-corrected chi connectivity index (χ4v) is 1.93. The fraction of sp³-hybridized carbons (Fsp3) is 0.923. The average Bonchev–Trinajstić information content (AvgIpc) is 2.16. The molecular formula is C13H28N2O2. The Morgan fingerprint density at radius 2 is 1.94 bits per heavy atom. The molecule has 0 rings (SSSR count). The number of ether oxygens (including phenoxy) is 1. The van der Waals surface area contributed by atoms with Gasteiger partial charge in [0.15, 0.2) is 0 Å². The standard InChI is InChI=1S/C13H28N2O2/c1-7-8-10(2)14-12(16)11(3)15-13(4,5)9-17-6/h10-11,15H,7-9H2,1-6H3,(H,14,16). The van der Waals surface area contributed by atoms with Crippen LogP contribution in [0.15, 0.2) is 0 Å². The van der Waals surface area contributed by atoms with Gasteiger partial charge in [0, 0.05) is 18.7 Å². The lowest BCUT2D eigenvalue weighted by molar-refractivity contribution is -0.124. The van der Waals surface area contributed by atoms with Gasteiger partial charge in [-0.3, -0.25) is 10.1 Å². The summed E-state index contributed by atoms with van der Waals surface area (Å²) in [5.74, 6) is 0.0510. The van der Waals surface area contributed by atoms with Crippen molar-refractivity contribution in [1.82, 2.24) is 10.6 Å². The molecule has 4 heteroatoms. The fourth-order valence-electron chi connectivity index (χ4n) is 1.93. The quantitative estimate of drug-likeness (QED) is 0.683. The van der Waals surface area contributed by atoms with E-state index in [2.05, 4.69) is 17.6 Å². The maximum Gasteiger partial charge on any atom is 0.237 e. The van der Waals surface area contributed by atoms with Crippen LogP contribution in [-0.4, -0.2) is 37.2 Å². The van der Waals surface area contributed by atoms with Gasteiger partial charge in [0.1, 0.15) is 0 Å². The third kappa shape index (κ3) is 7.34. The summed E-state index contributed by atoms with van der Waals surface area (Å²) < 4.78 is 5.11. The van der Waals surface area contributed by atoms with Gasteiger partial charge in [0.25, 0.3) is 0 Å². The highest BCUT2D eigenvalue weighted by Crippen LogP contribution is 2.04. The van der Waals surface area contributed by atoms with Crippen molar-refractivity contribution in [2.24, 2.45) is 0 Å². The van der Waals surface area contributed by atoms with Crippen molar-refractivity contribution in [3.63, 3.8) is 0 Å². The van der Waals surface area contributed by atoms with Gasteiger partial charge < -0.3 is 10.1 Å². The van der Waals surface area contributed by atoms with Crippen molar-refractivity contribution >= 4 is 5.91 Å². The first kappa shape index (κ1) is 16.4. The molecule has 0 aliphatic rings. The molecule has 0 aromatic carbocycles. The predicted octanol–water partition coefficient (Wildman–Crippen LogP) is 1.69. The van der Waals surface area contributed by atoms with Crippen molar-refractivity contribution in [3.05, 3.63) is 0 Å². The van der Waals surface area contributed by atoms with Crippen LogP contribution in [0, 0.1) is 0 Å². The van der Waals surface area contributed by atoms with E-state index in [4.69, 9.17) is 4.74 Å². The van der Waals surface area contributed by atoms with E-state index in [9.17, 15) is 4.79 Å². The topological polar surface area (TPSA) is 50.4 Å².